The highest BCUT2D eigenvalue weighted by Gasteiger charge is 2.31. The van der Waals surface area contributed by atoms with Crippen molar-refractivity contribution in [3.05, 3.63) is 51.8 Å². The van der Waals surface area contributed by atoms with Crippen LogP contribution in [-0.4, -0.2) is 21.7 Å². The molecule has 0 bridgehead atoms. The molecule has 0 saturated heterocycles. The summed E-state index contributed by atoms with van der Waals surface area (Å²) in [5.74, 6) is -0.137. The van der Waals surface area contributed by atoms with E-state index in [4.69, 9.17) is 0 Å². The molecule has 0 radical (unpaired) electrons. The second kappa shape index (κ2) is 7.17. The number of hydrogen-bond acceptors (Lipinski definition) is 2. The zero-order valence-electron chi connectivity index (χ0n) is 15.6. The monoisotopic (exact) mass is 361 g/mol. The summed E-state index contributed by atoms with van der Waals surface area (Å²) in [4.78, 5) is 12.6. The highest BCUT2D eigenvalue weighted by Crippen LogP contribution is 2.30. The Kier molecular flexibility index (Phi) is 5.12. The van der Waals surface area contributed by atoms with Crippen molar-refractivity contribution in [3.8, 4) is 0 Å². The van der Waals surface area contributed by atoms with Crippen molar-refractivity contribution in [2.75, 3.05) is 0 Å². The van der Waals surface area contributed by atoms with Gasteiger partial charge < -0.3 is 5.32 Å². The second-order valence-corrected chi connectivity index (χ2v) is 7.41. The normalized spacial score (nSPS) is 14.3. The fourth-order valence-corrected chi connectivity index (χ4v) is 3.30. The molecule has 140 valence electrons. The van der Waals surface area contributed by atoms with Crippen LogP contribution in [0, 0.1) is 6.92 Å². The number of nitrogens with zero attached hydrogens (tertiary/aromatic N) is 2. The zero-order chi connectivity index (χ0) is 19.0. The Hall–Kier alpha value is -2.24. The number of benzene rings is 1. The summed E-state index contributed by atoms with van der Waals surface area (Å²) < 4.78 is 28.4. The number of aromatic nitrogens is 2. The van der Waals surface area contributed by atoms with Crippen molar-refractivity contribution in [2.45, 2.75) is 58.4 Å². The first-order chi connectivity index (χ1) is 12.3. The molecule has 1 fully saturated rings. The highest BCUT2D eigenvalue weighted by atomic mass is 19.3. The first kappa shape index (κ1) is 18.5. The molecule has 0 aliphatic heterocycles. The largest absolute Gasteiger partial charge is 0.349 e. The number of nitrogens with one attached hydrogen (secondary N) is 1. The predicted molar refractivity (Wildman–Crippen MR) is 96.7 cm³/mol. The minimum absolute atomic E-state index is 0.0330. The Morgan fingerprint density at radius 3 is 2.62 bits per heavy atom. The van der Waals surface area contributed by atoms with Gasteiger partial charge in [0, 0.05) is 19.5 Å². The van der Waals surface area contributed by atoms with Gasteiger partial charge in [-0.05, 0) is 36.8 Å². The number of amides is 1. The van der Waals surface area contributed by atoms with E-state index in [0.29, 0.717) is 18.0 Å². The molecule has 6 heteroatoms. The summed E-state index contributed by atoms with van der Waals surface area (Å²) in [5.41, 5.74) is 3.44. The summed E-state index contributed by atoms with van der Waals surface area (Å²) in [6, 6.07) is 6.29. The van der Waals surface area contributed by atoms with Gasteiger partial charge in [0.05, 0.1) is 11.3 Å². The lowest BCUT2D eigenvalue weighted by Gasteiger charge is -2.15. The molecule has 1 aromatic carbocycles. The zero-order valence-corrected chi connectivity index (χ0v) is 15.6. The second-order valence-electron chi connectivity index (χ2n) is 7.41. The van der Waals surface area contributed by atoms with E-state index in [1.54, 1.807) is 7.05 Å². The maximum absolute atomic E-state index is 13.5. The first-order valence-corrected chi connectivity index (χ1v) is 9.02. The Morgan fingerprint density at radius 1 is 1.35 bits per heavy atom. The van der Waals surface area contributed by atoms with E-state index in [0.717, 1.165) is 29.5 Å². The maximum Gasteiger partial charge on any atom is 0.282 e. The van der Waals surface area contributed by atoms with Crippen LogP contribution in [0.1, 0.15) is 77.5 Å². The van der Waals surface area contributed by atoms with E-state index in [1.165, 1.54) is 4.68 Å². The lowest BCUT2D eigenvalue weighted by Crippen LogP contribution is -2.27. The fraction of sp³-hybridized carbons (Fsp3) is 0.500. The van der Waals surface area contributed by atoms with Crippen LogP contribution in [0.15, 0.2) is 18.2 Å². The number of hydrogen-bond donors (Lipinski definition) is 1. The van der Waals surface area contributed by atoms with E-state index in [9.17, 15) is 13.6 Å². The third-order valence-corrected chi connectivity index (χ3v) is 4.82. The summed E-state index contributed by atoms with van der Waals surface area (Å²) in [6.45, 7) is 6.20. The van der Waals surface area contributed by atoms with Crippen LogP contribution in [0.3, 0.4) is 0 Å². The number of carbonyl (C=O) groups excluding carboxylic acids is 1. The van der Waals surface area contributed by atoms with Crippen molar-refractivity contribution < 1.29 is 13.6 Å². The Morgan fingerprint density at radius 2 is 2.04 bits per heavy atom. The van der Waals surface area contributed by atoms with Crippen LogP contribution in [0.2, 0.25) is 0 Å². The van der Waals surface area contributed by atoms with Gasteiger partial charge in [-0.1, -0.05) is 37.6 Å². The number of aryl methyl sites for hydroxylation is 2. The molecule has 0 atom stereocenters. The molecule has 4 nitrogen and oxygen atoms in total. The number of carbonyl (C=O) groups is 1. The van der Waals surface area contributed by atoms with Crippen LogP contribution in [0.5, 0.6) is 0 Å². The van der Waals surface area contributed by atoms with Crippen LogP contribution < -0.4 is 5.32 Å². The molecule has 1 N–H and O–H groups in total. The van der Waals surface area contributed by atoms with Gasteiger partial charge in [0.25, 0.3) is 12.3 Å². The molecule has 1 saturated carbocycles. The third kappa shape index (κ3) is 3.79. The molecule has 1 aliphatic rings. The molecule has 1 aromatic heterocycles. The average Bonchev–Trinajstić information content (AvgIpc) is 3.30. The molecule has 3 rings (SSSR count). The Labute approximate surface area is 152 Å². The fourth-order valence-electron chi connectivity index (χ4n) is 3.30. The maximum atomic E-state index is 13.5. The van der Waals surface area contributed by atoms with E-state index in [-0.39, 0.29) is 11.6 Å². The van der Waals surface area contributed by atoms with Crippen LogP contribution in [0.4, 0.5) is 8.78 Å². The smallest absolute Gasteiger partial charge is 0.282 e. The third-order valence-electron chi connectivity index (χ3n) is 4.82. The van der Waals surface area contributed by atoms with Crippen molar-refractivity contribution >= 4 is 5.91 Å². The molecule has 1 amide bonds. The van der Waals surface area contributed by atoms with Crippen molar-refractivity contribution in [1.29, 1.82) is 0 Å². The quantitative estimate of drug-likeness (QED) is 0.835. The molecule has 0 spiro atoms. The van der Waals surface area contributed by atoms with Crippen LogP contribution in [-0.2, 0) is 13.5 Å². The Balaban J connectivity index is 2.04. The first-order valence-electron chi connectivity index (χ1n) is 9.02. The molecule has 2 aromatic rings. The van der Waals surface area contributed by atoms with Gasteiger partial charge in [0.1, 0.15) is 5.69 Å². The molecular formula is C20H25F2N3O. The lowest BCUT2D eigenvalue weighted by molar-refractivity contribution is 0.0935. The predicted octanol–water partition coefficient (Wildman–Crippen LogP) is 4.27. The van der Waals surface area contributed by atoms with Crippen molar-refractivity contribution in [3.63, 3.8) is 0 Å². The van der Waals surface area contributed by atoms with Gasteiger partial charge in [0.15, 0.2) is 0 Å². The standard InChI is InChI=1S/C20H25F2N3O/c1-11(2)15-8-5-12(3)9-13(15)10-16-17(20(26)23-14-6-7-14)18(19(21)22)24-25(16)4/h5,8-9,11,14,19H,6-7,10H2,1-4H3,(H,23,26). The van der Waals surface area contributed by atoms with Crippen molar-refractivity contribution in [1.82, 2.24) is 15.1 Å². The van der Waals surface area contributed by atoms with Gasteiger partial charge in [-0.15, -0.1) is 0 Å². The number of halogens is 2. The molecule has 26 heavy (non-hydrogen) atoms. The number of alkyl halides is 2. The van der Waals surface area contributed by atoms with Gasteiger partial charge in [0.2, 0.25) is 0 Å². The minimum atomic E-state index is -2.78. The molecular weight excluding hydrogens is 336 g/mol. The summed E-state index contributed by atoms with van der Waals surface area (Å²) in [7, 11) is 1.62. The van der Waals surface area contributed by atoms with E-state index in [2.05, 4.69) is 36.4 Å². The minimum Gasteiger partial charge on any atom is -0.349 e. The molecule has 1 heterocycles. The topological polar surface area (TPSA) is 46.9 Å². The van der Waals surface area contributed by atoms with Crippen LogP contribution in [0.25, 0.3) is 0 Å². The molecule has 1 aliphatic carbocycles. The number of rotatable bonds is 6. The summed E-state index contributed by atoms with van der Waals surface area (Å²) in [6.07, 6.45) is -0.572. The van der Waals surface area contributed by atoms with E-state index < -0.39 is 18.0 Å². The van der Waals surface area contributed by atoms with E-state index in [1.807, 2.05) is 13.0 Å². The van der Waals surface area contributed by atoms with Crippen molar-refractivity contribution in [2.24, 2.45) is 7.05 Å². The van der Waals surface area contributed by atoms with Gasteiger partial charge in [-0.2, -0.15) is 5.10 Å². The summed E-state index contributed by atoms with van der Waals surface area (Å²) >= 11 is 0. The van der Waals surface area contributed by atoms with Crippen LogP contribution >= 0.6 is 0 Å². The molecule has 0 unspecified atom stereocenters. The SMILES string of the molecule is Cc1ccc(C(C)C)c(Cc2c(C(=O)NC3CC3)c(C(F)F)nn2C)c1. The van der Waals surface area contributed by atoms with Gasteiger partial charge in [-0.25, -0.2) is 8.78 Å². The Bertz CT molecular complexity index is 823. The van der Waals surface area contributed by atoms with Gasteiger partial charge in [-0.3, -0.25) is 9.48 Å². The average molecular weight is 361 g/mol. The lowest BCUT2D eigenvalue weighted by atomic mass is 9.92. The summed E-state index contributed by atoms with van der Waals surface area (Å²) in [5, 5.41) is 6.79. The van der Waals surface area contributed by atoms with Gasteiger partial charge >= 0.3 is 0 Å². The van der Waals surface area contributed by atoms with E-state index >= 15 is 0 Å². The highest BCUT2D eigenvalue weighted by molar-refractivity contribution is 5.97.